The summed E-state index contributed by atoms with van der Waals surface area (Å²) in [6.45, 7) is 27.0. The van der Waals surface area contributed by atoms with Crippen molar-refractivity contribution in [2.45, 2.75) is 105 Å². The minimum Gasteiger partial charge on any atom is -0.364 e. The summed E-state index contributed by atoms with van der Waals surface area (Å²) in [4.78, 5) is 11.7. The van der Waals surface area contributed by atoms with E-state index in [1.165, 1.54) is 33.4 Å². The predicted molar refractivity (Wildman–Crippen MR) is 162 cm³/mol. The Kier molecular flexibility index (Phi) is 7.74. The molecule has 0 atom stereocenters. The van der Waals surface area contributed by atoms with E-state index in [-0.39, 0.29) is 21.7 Å². The molecule has 1 nitrogen and oxygen atoms in total. The van der Waals surface area contributed by atoms with Crippen molar-refractivity contribution < 1.29 is 4.89 Å². The molecule has 0 radical (unpaired) electrons. The Labute approximate surface area is 222 Å². The SMILES string of the molecule is CC(C)(C)c1ccc(P(O)c2ccc(C(C)(C)C)cc2C(C)(C)C)c(C(C)(C)C)c1.c1cc2ccc1-2. The number of benzene rings is 3. The van der Waals surface area contributed by atoms with Gasteiger partial charge in [-0.05, 0) is 55.0 Å². The van der Waals surface area contributed by atoms with Gasteiger partial charge in [-0.1, -0.05) is 144 Å². The maximum atomic E-state index is 11.7. The molecule has 2 aromatic rings. The summed E-state index contributed by atoms with van der Waals surface area (Å²) in [6, 6.07) is 21.9. The number of hydrogen-bond donors (Lipinski definition) is 1. The highest BCUT2D eigenvalue weighted by molar-refractivity contribution is 7.67. The van der Waals surface area contributed by atoms with Gasteiger partial charge in [0.15, 0.2) is 0 Å². The molecule has 0 aromatic heterocycles. The van der Waals surface area contributed by atoms with Crippen LogP contribution in [0.2, 0.25) is 0 Å². The molecule has 2 aromatic carbocycles. The second kappa shape index (κ2) is 9.74. The van der Waals surface area contributed by atoms with Crippen LogP contribution in [-0.4, -0.2) is 4.89 Å². The molecule has 36 heavy (non-hydrogen) atoms. The fraction of sp³-hybridized carbons (Fsp3) is 0.471. The molecule has 0 aliphatic heterocycles. The summed E-state index contributed by atoms with van der Waals surface area (Å²) >= 11 is 0. The Morgan fingerprint density at radius 1 is 0.444 bits per heavy atom. The van der Waals surface area contributed by atoms with Crippen LogP contribution in [0.4, 0.5) is 0 Å². The second-order valence-corrected chi connectivity index (χ2v) is 15.9. The van der Waals surface area contributed by atoms with Crippen LogP contribution in [0.25, 0.3) is 11.1 Å². The van der Waals surface area contributed by atoms with E-state index in [9.17, 15) is 4.89 Å². The first-order valence-electron chi connectivity index (χ1n) is 13.2. The third kappa shape index (κ3) is 6.30. The minimum atomic E-state index is -1.44. The smallest absolute Gasteiger partial charge is 0.0883 e. The fourth-order valence-electron chi connectivity index (χ4n) is 4.37. The minimum absolute atomic E-state index is 0.0346. The Hall–Kier alpha value is -1.95. The largest absolute Gasteiger partial charge is 0.364 e. The van der Waals surface area contributed by atoms with Crippen LogP contribution in [0.3, 0.4) is 0 Å². The molecule has 0 spiro atoms. The van der Waals surface area contributed by atoms with Crippen molar-refractivity contribution >= 4 is 18.8 Å². The summed E-state index contributed by atoms with van der Waals surface area (Å²) in [6.07, 6.45) is 0. The van der Waals surface area contributed by atoms with E-state index in [4.69, 9.17) is 0 Å². The van der Waals surface area contributed by atoms with E-state index >= 15 is 0 Å². The molecule has 0 fully saturated rings. The van der Waals surface area contributed by atoms with Crippen molar-refractivity contribution in [1.29, 1.82) is 0 Å². The lowest BCUT2D eigenvalue weighted by Crippen LogP contribution is -2.30. The molecule has 194 valence electrons. The van der Waals surface area contributed by atoms with E-state index in [0.717, 1.165) is 10.6 Å². The average molecular weight is 503 g/mol. The molecular weight excluding hydrogens is 455 g/mol. The van der Waals surface area contributed by atoms with Crippen molar-refractivity contribution in [3.8, 4) is 11.1 Å². The summed E-state index contributed by atoms with van der Waals surface area (Å²) in [7, 11) is -1.44. The second-order valence-electron chi connectivity index (χ2n) is 14.4. The Morgan fingerprint density at radius 2 is 0.750 bits per heavy atom. The van der Waals surface area contributed by atoms with Gasteiger partial charge in [0.1, 0.15) is 0 Å². The molecule has 2 aliphatic carbocycles. The van der Waals surface area contributed by atoms with Crippen molar-refractivity contribution in [2.24, 2.45) is 0 Å². The van der Waals surface area contributed by atoms with Crippen molar-refractivity contribution in [1.82, 2.24) is 0 Å². The molecule has 4 rings (SSSR count). The molecule has 0 saturated heterocycles. The molecule has 0 amide bonds. The summed E-state index contributed by atoms with van der Waals surface area (Å²) < 4.78 is 0. The van der Waals surface area contributed by atoms with Gasteiger partial charge < -0.3 is 4.89 Å². The molecular formula is C34H47OP. The normalized spacial score (nSPS) is 13.4. The fourth-order valence-corrected chi connectivity index (χ4v) is 6.32. The summed E-state index contributed by atoms with van der Waals surface area (Å²) in [5, 5.41) is 2.17. The Morgan fingerprint density at radius 3 is 0.944 bits per heavy atom. The van der Waals surface area contributed by atoms with Crippen LogP contribution in [0.5, 0.6) is 0 Å². The van der Waals surface area contributed by atoms with Gasteiger partial charge in [-0.2, -0.15) is 0 Å². The predicted octanol–water partition coefficient (Wildman–Crippen LogP) is 8.88. The zero-order valence-corrected chi connectivity index (χ0v) is 25.6. The highest BCUT2D eigenvalue weighted by Crippen LogP contribution is 2.40. The van der Waals surface area contributed by atoms with Gasteiger partial charge in [-0.3, -0.25) is 0 Å². The van der Waals surface area contributed by atoms with Gasteiger partial charge in [-0.15, -0.1) is 0 Å². The van der Waals surface area contributed by atoms with Crippen LogP contribution in [0.15, 0.2) is 60.7 Å². The highest BCUT2D eigenvalue weighted by atomic mass is 31.1. The lowest BCUT2D eigenvalue weighted by atomic mass is 9.80. The molecule has 0 saturated carbocycles. The van der Waals surface area contributed by atoms with Crippen molar-refractivity contribution in [3.05, 3.63) is 82.9 Å². The number of fused-ring (bicyclic) bond motifs is 1. The van der Waals surface area contributed by atoms with Gasteiger partial charge in [0, 0.05) is 10.6 Å². The van der Waals surface area contributed by atoms with Crippen LogP contribution in [0.1, 0.15) is 105 Å². The highest BCUT2D eigenvalue weighted by Gasteiger charge is 2.30. The van der Waals surface area contributed by atoms with E-state index in [0.29, 0.717) is 0 Å². The van der Waals surface area contributed by atoms with Crippen molar-refractivity contribution in [3.63, 3.8) is 0 Å². The maximum Gasteiger partial charge on any atom is 0.0883 e. The number of rotatable bonds is 2. The Bertz CT molecular complexity index is 1110. The third-order valence-electron chi connectivity index (χ3n) is 7.02. The number of hydrogen-bond acceptors (Lipinski definition) is 1. The van der Waals surface area contributed by atoms with Gasteiger partial charge in [0.2, 0.25) is 0 Å². The van der Waals surface area contributed by atoms with Crippen LogP contribution in [-0.2, 0) is 21.7 Å². The zero-order chi connectivity index (χ0) is 27.3. The Balaban J connectivity index is 0.000000513. The monoisotopic (exact) mass is 502 g/mol. The summed E-state index contributed by atoms with van der Waals surface area (Å²) in [5.41, 5.74) is 8.10. The standard InChI is InChI=1S/C28H43OP.C6H4/c1-25(2,3)19-13-15-23(21(17-19)27(7,8)9)30(29)24-16-14-20(26(4,5)6)18-22(24)28(10,11)12;1-2-6-4-3-5(1)6/h13-18,29H,1-12H3;1-4H. The molecule has 1 N–H and O–H groups in total. The first-order valence-corrected chi connectivity index (χ1v) is 14.5. The molecule has 2 heteroatoms. The van der Waals surface area contributed by atoms with Gasteiger partial charge >= 0.3 is 0 Å². The third-order valence-corrected chi connectivity index (χ3v) is 8.71. The van der Waals surface area contributed by atoms with E-state index in [1.54, 1.807) is 0 Å². The van der Waals surface area contributed by atoms with Gasteiger partial charge in [0.05, 0.1) is 8.15 Å². The van der Waals surface area contributed by atoms with Gasteiger partial charge in [-0.25, -0.2) is 0 Å². The lowest BCUT2D eigenvalue weighted by Gasteiger charge is -2.32. The first kappa shape index (κ1) is 28.6. The molecule has 2 aliphatic rings. The van der Waals surface area contributed by atoms with E-state index < -0.39 is 8.15 Å². The van der Waals surface area contributed by atoms with Crippen LogP contribution < -0.4 is 10.6 Å². The van der Waals surface area contributed by atoms with Crippen LogP contribution in [0, 0.1) is 0 Å². The maximum absolute atomic E-state index is 11.7. The summed E-state index contributed by atoms with van der Waals surface area (Å²) in [5.74, 6) is 0. The van der Waals surface area contributed by atoms with Gasteiger partial charge in [0.25, 0.3) is 0 Å². The topological polar surface area (TPSA) is 20.2 Å². The van der Waals surface area contributed by atoms with E-state index in [2.05, 4.69) is 144 Å². The molecule has 0 bridgehead atoms. The average Bonchev–Trinajstić information content (AvgIpc) is 2.72. The first-order chi connectivity index (χ1) is 16.3. The lowest BCUT2D eigenvalue weighted by molar-refractivity contribution is 0.568. The molecule has 0 heterocycles. The van der Waals surface area contributed by atoms with Crippen molar-refractivity contribution in [2.75, 3.05) is 0 Å². The molecule has 0 unspecified atom stereocenters. The quantitative estimate of drug-likeness (QED) is 0.271. The van der Waals surface area contributed by atoms with Crippen LogP contribution >= 0.6 is 8.15 Å². The van der Waals surface area contributed by atoms with E-state index in [1.807, 2.05) is 0 Å². The zero-order valence-electron chi connectivity index (χ0n) is 24.7.